The first-order chi connectivity index (χ1) is 10.7. The van der Waals surface area contributed by atoms with Crippen molar-refractivity contribution >= 4 is 6.03 Å². The van der Waals surface area contributed by atoms with Crippen LogP contribution in [-0.4, -0.2) is 61.7 Å². The number of likely N-dealkylation sites (N-methyl/N-ethyl adjacent to an activating group) is 1. The van der Waals surface area contributed by atoms with Gasteiger partial charge in [-0.25, -0.2) is 4.79 Å². The number of carbonyl (C=O) groups excluding carboxylic acids is 1. The Bertz CT molecular complexity index is 453. The number of nitrogens with one attached hydrogen (secondary N) is 1. The van der Waals surface area contributed by atoms with Gasteiger partial charge in [-0.15, -0.1) is 0 Å². The van der Waals surface area contributed by atoms with Crippen molar-refractivity contribution in [3.05, 3.63) is 29.8 Å². The Morgan fingerprint density at radius 1 is 1.14 bits per heavy atom. The Morgan fingerprint density at radius 3 is 2.41 bits per heavy atom. The molecule has 1 aliphatic rings. The summed E-state index contributed by atoms with van der Waals surface area (Å²) in [4.78, 5) is 16.3. The van der Waals surface area contributed by atoms with Crippen LogP contribution < -0.4 is 10.1 Å². The van der Waals surface area contributed by atoms with Crippen LogP contribution in [0.2, 0.25) is 0 Å². The zero-order chi connectivity index (χ0) is 15.8. The highest BCUT2D eigenvalue weighted by molar-refractivity contribution is 5.74. The van der Waals surface area contributed by atoms with E-state index < -0.39 is 0 Å². The Balaban J connectivity index is 1.62. The predicted molar refractivity (Wildman–Crippen MR) is 88.4 cm³/mol. The third kappa shape index (κ3) is 4.91. The average molecular weight is 305 g/mol. The molecule has 0 unspecified atom stereocenters. The number of aryl methyl sites for hydroxylation is 1. The number of hydrogen-bond donors (Lipinski definition) is 1. The van der Waals surface area contributed by atoms with Gasteiger partial charge in [0.25, 0.3) is 0 Å². The Hall–Kier alpha value is -1.75. The molecule has 1 fully saturated rings. The van der Waals surface area contributed by atoms with Crippen molar-refractivity contribution < 1.29 is 9.53 Å². The van der Waals surface area contributed by atoms with Crippen LogP contribution in [0.15, 0.2) is 24.3 Å². The largest absolute Gasteiger partial charge is 0.492 e. The van der Waals surface area contributed by atoms with Gasteiger partial charge in [0, 0.05) is 26.2 Å². The van der Waals surface area contributed by atoms with Gasteiger partial charge in [0.15, 0.2) is 0 Å². The second kappa shape index (κ2) is 8.63. The number of piperazine rings is 1. The molecule has 0 atom stereocenters. The first kappa shape index (κ1) is 16.6. The van der Waals surface area contributed by atoms with Gasteiger partial charge in [-0.2, -0.15) is 0 Å². The summed E-state index contributed by atoms with van der Waals surface area (Å²) >= 11 is 0. The minimum atomic E-state index is 0.0145. The second-order valence-corrected chi connectivity index (χ2v) is 5.50. The minimum Gasteiger partial charge on any atom is -0.492 e. The van der Waals surface area contributed by atoms with E-state index in [9.17, 15) is 4.79 Å². The molecule has 0 bridgehead atoms. The molecule has 1 N–H and O–H groups in total. The summed E-state index contributed by atoms with van der Waals surface area (Å²) in [6.07, 6.45) is 1.03. The third-order valence-electron chi connectivity index (χ3n) is 4.09. The van der Waals surface area contributed by atoms with Crippen molar-refractivity contribution in [1.29, 1.82) is 0 Å². The van der Waals surface area contributed by atoms with E-state index in [2.05, 4.69) is 36.2 Å². The number of benzene rings is 1. The van der Waals surface area contributed by atoms with Gasteiger partial charge in [-0.1, -0.05) is 26.0 Å². The van der Waals surface area contributed by atoms with Crippen LogP contribution >= 0.6 is 0 Å². The molecule has 2 rings (SSSR count). The molecular weight excluding hydrogens is 278 g/mol. The van der Waals surface area contributed by atoms with Gasteiger partial charge in [-0.05, 0) is 30.7 Å². The van der Waals surface area contributed by atoms with Gasteiger partial charge in [0.2, 0.25) is 0 Å². The third-order valence-corrected chi connectivity index (χ3v) is 4.09. The highest BCUT2D eigenvalue weighted by Gasteiger charge is 2.19. The number of hydrogen-bond acceptors (Lipinski definition) is 3. The zero-order valence-electron chi connectivity index (χ0n) is 13.7. The van der Waals surface area contributed by atoms with E-state index in [0.717, 1.165) is 44.9 Å². The topological polar surface area (TPSA) is 44.8 Å². The van der Waals surface area contributed by atoms with E-state index in [1.54, 1.807) is 0 Å². The molecule has 1 saturated heterocycles. The van der Waals surface area contributed by atoms with Crippen molar-refractivity contribution in [2.45, 2.75) is 20.3 Å². The summed E-state index contributed by atoms with van der Waals surface area (Å²) in [5, 5.41) is 2.92. The summed E-state index contributed by atoms with van der Waals surface area (Å²) in [6, 6.07) is 8.11. The van der Waals surface area contributed by atoms with E-state index in [4.69, 9.17) is 4.74 Å². The summed E-state index contributed by atoms with van der Waals surface area (Å²) < 4.78 is 5.64. The number of urea groups is 1. The van der Waals surface area contributed by atoms with Crippen molar-refractivity contribution in [3.63, 3.8) is 0 Å². The summed E-state index contributed by atoms with van der Waals surface area (Å²) in [5.41, 5.74) is 1.30. The number of amides is 2. The second-order valence-electron chi connectivity index (χ2n) is 5.50. The molecule has 2 amide bonds. The maximum Gasteiger partial charge on any atom is 0.317 e. The van der Waals surface area contributed by atoms with Crippen LogP contribution in [0.3, 0.4) is 0 Å². The van der Waals surface area contributed by atoms with Gasteiger partial charge < -0.3 is 19.9 Å². The molecule has 1 aliphatic heterocycles. The van der Waals surface area contributed by atoms with Gasteiger partial charge in [0.05, 0.1) is 6.54 Å². The van der Waals surface area contributed by atoms with Crippen molar-refractivity contribution in [2.75, 3.05) is 45.9 Å². The SMILES string of the molecule is CCc1ccc(OCCNC(=O)N2CCN(CC)CC2)cc1. The highest BCUT2D eigenvalue weighted by atomic mass is 16.5. The minimum absolute atomic E-state index is 0.0145. The molecule has 5 heteroatoms. The van der Waals surface area contributed by atoms with Crippen LogP contribution in [0.1, 0.15) is 19.4 Å². The van der Waals surface area contributed by atoms with Gasteiger partial charge in [0.1, 0.15) is 12.4 Å². The van der Waals surface area contributed by atoms with Crippen LogP contribution in [0, 0.1) is 0 Å². The summed E-state index contributed by atoms with van der Waals surface area (Å²) in [6.45, 7) is 9.90. The molecule has 1 heterocycles. The quantitative estimate of drug-likeness (QED) is 0.817. The van der Waals surface area contributed by atoms with Crippen molar-refractivity contribution in [2.24, 2.45) is 0 Å². The standard InChI is InChI=1S/C17H27N3O2/c1-3-15-5-7-16(8-6-15)22-14-9-18-17(21)20-12-10-19(4-2)11-13-20/h5-8H,3-4,9-14H2,1-2H3,(H,18,21). The number of ether oxygens (including phenoxy) is 1. The van der Waals surface area contributed by atoms with Crippen molar-refractivity contribution in [3.8, 4) is 5.75 Å². The predicted octanol–water partition coefficient (Wildman–Crippen LogP) is 1.97. The maximum absolute atomic E-state index is 12.0. The van der Waals surface area contributed by atoms with Crippen molar-refractivity contribution in [1.82, 2.24) is 15.1 Å². The van der Waals surface area contributed by atoms with Gasteiger partial charge >= 0.3 is 6.03 Å². The molecule has 0 saturated carbocycles. The molecule has 5 nitrogen and oxygen atoms in total. The molecule has 0 aliphatic carbocycles. The monoisotopic (exact) mass is 305 g/mol. The van der Waals surface area contributed by atoms with E-state index in [0.29, 0.717) is 13.2 Å². The molecule has 0 radical (unpaired) electrons. The average Bonchev–Trinajstić information content (AvgIpc) is 2.59. The number of carbonyl (C=O) groups is 1. The van der Waals surface area contributed by atoms with E-state index in [-0.39, 0.29) is 6.03 Å². The molecule has 22 heavy (non-hydrogen) atoms. The van der Waals surface area contributed by atoms with E-state index in [1.165, 1.54) is 5.56 Å². The normalized spacial score (nSPS) is 15.6. The Morgan fingerprint density at radius 2 is 1.82 bits per heavy atom. The molecular formula is C17H27N3O2. The molecule has 0 aromatic heterocycles. The van der Waals surface area contributed by atoms with Crippen LogP contribution in [0.4, 0.5) is 4.79 Å². The number of rotatable bonds is 6. The lowest BCUT2D eigenvalue weighted by Gasteiger charge is -2.33. The fraction of sp³-hybridized carbons (Fsp3) is 0.588. The lowest BCUT2D eigenvalue weighted by atomic mass is 10.2. The van der Waals surface area contributed by atoms with Crippen LogP contribution in [0.5, 0.6) is 5.75 Å². The first-order valence-electron chi connectivity index (χ1n) is 8.19. The lowest BCUT2D eigenvalue weighted by Crippen LogP contribution is -2.52. The fourth-order valence-corrected chi connectivity index (χ4v) is 2.53. The highest BCUT2D eigenvalue weighted by Crippen LogP contribution is 2.12. The summed E-state index contributed by atoms with van der Waals surface area (Å²) in [5.74, 6) is 0.850. The smallest absolute Gasteiger partial charge is 0.317 e. The maximum atomic E-state index is 12.0. The number of nitrogens with zero attached hydrogens (tertiary/aromatic N) is 2. The van der Waals surface area contributed by atoms with E-state index >= 15 is 0 Å². The first-order valence-corrected chi connectivity index (χ1v) is 8.19. The zero-order valence-corrected chi connectivity index (χ0v) is 13.7. The van der Waals surface area contributed by atoms with E-state index in [1.807, 2.05) is 17.0 Å². The van der Waals surface area contributed by atoms with Crippen LogP contribution in [0.25, 0.3) is 0 Å². The lowest BCUT2D eigenvalue weighted by molar-refractivity contribution is 0.142. The molecule has 1 aromatic rings. The molecule has 122 valence electrons. The summed E-state index contributed by atoms with van der Waals surface area (Å²) in [7, 11) is 0. The molecule has 0 spiro atoms. The Labute approximate surface area is 133 Å². The van der Waals surface area contributed by atoms with Crippen LogP contribution in [-0.2, 0) is 6.42 Å². The van der Waals surface area contributed by atoms with Gasteiger partial charge in [-0.3, -0.25) is 0 Å². The Kier molecular flexibility index (Phi) is 6.52. The molecule has 1 aromatic carbocycles. The fourth-order valence-electron chi connectivity index (χ4n) is 2.53.